The summed E-state index contributed by atoms with van der Waals surface area (Å²) in [5, 5.41) is 0.134. The van der Waals surface area contributed by atoms with Crippen LogP contribution >= 0.6 is 11.8 Å². The molecular formula is C10H10N2OS. The number of nitrogens with zero attached hydrogens (tertiary/aromatic N) is 2. The summed E-state index contributed by atoms with van der Waals surface area (Å²) in [6.45, 7) is 1.56. The fourth-order valence-electron chi connectivity index (χ4n) is 0.774. The zero-order chi connectivity index (χ0) is 10.2. The van der Waals surface area contributed by atoms with Gasteiger partial charge in [-0.25, -0.2) is 9.97 Å². The summed E-state index contributed by atoms with van der Waals surface area (Å²) in [7, 11) is 0. The van der Waals surface area contributed by atoms with Gasteiger partial charge in [-0.1, -0.05) is 23.6 Å². The van der Waals surface area contributed by atoms with E-state index in [2.05, 4.69) is 21.8 Å². The Labute approximate surface area is 87.3 Å². The van der Waals surface area contributed by atoms with E-state index in [1.807, 2.05) is 0 Å². The van der Waals surface area contributed by atoms with Crippen LogP contribution in [0.1, 0.15) is 18.9 Å². The highest BCUT2D eigenvalue weighted by molar-refractivity contribution is 8.13. The highest BCUT2D eigenvalue weighted by Gasteiger charge is 1.90. The molecule has 4 heteroatoms. The summed E-state index contributed by atoms with van der Waals surface area (Å²) in [4.78, 5) is 18.2. The molecule has 1 heterocycles. The molecule has 0 saturated heterocycles. The standard InChI is InChI=1S/C10H10N2OS/c1-9(13)14-5-3-2-4-10-6-11-8-12-7-10/h6-8H,3,5H2,1H3. The van der Waals surface area contributed by atoms with Gasteiger partial charge in [0.15, 0.2) is 5.12 Å². The monoisotopic (exact) mass is 206 g/mol. The van der Waals surface area contributed by atoms with Gasteiger partial charge in [-0.3, -0.25) is 4.79 Å². The molecular weight excluding hydrogens is 196 g/mol. The second-order valence-electron chi connectivity index (χ2n) is 2.52. The Morgan fingerprint density at radius 2 is 2.21 bits per heavy atom. The van der Waals surface area contributed by atoms with Crippen molar-refractivity contribution in [1.29, 1.82) is 0 Å². The predicted molar refractivity (Wildman–Crippen MR) is 56.7 cm³/mol. The average molecular weight is 206 g/mol. The molecule has 0 spiro atoms. The maximum atomic E-state index is 10.6. The first-order valence-corrected chi connectivity index (χ1v) is 5.15. The van der Waals surface area contributed by atoms with Gasteiger partial charge < -0.3 is 0 Å². The molecule has 0 aromatic carbocycles. The number of thioether (sulfide) groups is 1. The molecule has 0 saturated carbocycles. The van der Waals surface area contributed by atoms with Gasteiger partial charge in [0.1, 0.15) is 6.33 Å². The Kier molecular flexibility index (Phi) is 4.73. The third-order valence-electron chi connectivity index (χ3n) is 1.33. The first-order chi connectivity index (χ1) is 6.79. The number of hydrogen-bond acceptors (Lipinski definition) is 4. The molecule has 72 valence electrons. The zero-order valence-electron chi connectivity index (χ0n) is 7.86. The first kappa shape index (κ1) is 10.7. The van der Waals surface area contributed by atoms with Crippen LogP contribution in [-0.2, 0) is 4.79 Å². The van der Waals surface area contributed by atoms with Gasteiger partial charge in [-0.15, -0.1) is 0 Å². The zero-order valence-corrected chi connectivity index (χ0v) is 8.67. The van der Waals surface area contributed by atoms with Crippen LogP contribution in [0.5, 0.6) is 0 Å². The van der Waals surface area contributed by atoms with Crippen LogP contribution in [-0.4, -0.2) is 20.8 Å². The largest absolute Gasteiger partial charge is 0.288 e. The molecule has 0 radical (unpaired) electrons. The second-order valence-corrected chi connectivity index (χ2v) is 3.79. The van der Waals surface area contributed by atoms with E-state index in [4.69, 9.17) is 0 Å². The number of rotatable bonds is 2. The van der Waals surface area contributed by atoms with E-state index < -0.39 is 0 Å². The lowest BCUT2D eigenvalue weighted by atomic mass is 10.3. The molecule has 14 heavy (non-hydrogen) atoms. The van der Waals surface area contributed by atoms with E-state index >= 15 is 0 Å². The van der Waals surface area contributed by atoms with Gasteiger partial charge in [-0.2, -0.15) is 0 Å². The lowest BCUT2D eigenvalue weighted by molar-refractivity contribution is -0.109. The van der Waals surface area contributed by atoms with Gasteiger partial charge in [0.05, 0.1) is 5.56 Å². The summed E-state index contributed by atoms with van der Waals surface area (Å²) in [6, 6.07) is 0. The molecule has 0 atom stereocenters. The quantitative estimate of drug-likeness (QED) is 0.543. The maximum absolute atomic E-state index is 10.6. The lowest BCUT2D eigenvalue weighted by Crippen LogP contribution is -1.84. The SMILES string of the molecule is CC(=O)SCCC#Cc1cncnc1. The van der Waals surface area contributed by atoms with Crippen LogP contribution < -0.4 is 0 Å². The Morgan fingerprint density at radius 1 is 1.50 bits per heavy atom. The van der Waals surface area contributed by atoms with Crippen molar-refractivity contribution in [3.8, 4) is 11.8 Å². The molecule has 0 aliphatic heterocycles. The maximum Gasteiger partial charge on any atom is 0.185 e. The molecule has 0 unspecified atom stereocenters. The molecule has 3 nitrogen and oxygen atoms in total. The van der Waals surface area contributed by atoms with Gasteiger partial charge in [-0.05, 0) is 0 Å². The molecule has 0 fully saturated rings. The fourth-order valence-corrected chi connectivity index (χ4v) is 1.27. The number of hydrogen-bond donors (Lipinski definition) is 0. The van der Waals surface area contributed by atoms with Crippen molar-refractivity contribution in [3.05, 3.63) is 24.3 Å². The number of aromatic nitrogens is 2. The van der Waals surface area contributed by atoms with Crippen molar-refractivity contribution in [3.63, 3.8) is 0 Å². The van der Waals surface area contributed by atoms with Gasteiger partial charge in [0, 0.05) is 31.5 Å². The fraction of sp³-hybridized carbons (Fsp3) is 0.300. The Bertz CT molecular complexity index is 353. The highest BCUT2D eigenvalue weighted by atomic mass is 32.2. The van der Waals surface area contributed by atoms with Crippen LogP contribution in [0.3, 0.4) is 0 Å². The van der Waals surface area contributed by atoms with Gasteiger partial charge in [0.25, 0.3) is 0 Å². The van der Waals surface area contributed by atoms with Gasteiger partial charge >= 0.3 is 0 Å². The summed E-state index contributed by atoms with van der Waals surface area (Å²) in [5.74, 6) is 6.62. The van der Waals surface area contributed by atoms with E-state index in [-0.39, 0.29) is 5.12 Å². The third kappa shape index (κ3) is 4.63. The minimum Gasteiger partial charge on any atom is -0.288 e. The van der Waals surface area contributed by atoms with Crippen LogP contribution in [0.2, 0.25) is 0 Å². The molecule has 0 aliphatic carbocycles. The van der Waals surface area contributed by atoms with Gasteiger partial charge in [0.2, 0.25) is 0 Å². The smallest absolute Gasteiger partial charge is 0.185 e. The highest BCUT2D eigenvalue weighted by Crippen LogP contribution is 2.02. The summed E-state index contributed by atoms with van der Waals surface area (Å²) < 4.78 is 0. The van der Waals surface area contributed by atoms with E-state index in [9.17, 15) is 4.79 Å². The first-order valence-electron chi connectivity index (χ1n) is 4.16. The Hall–Kier alpha value is -1.34. The number of carbonyl (C=O) groups excluding carboxylic acids is 1. The van der Waals surface area contributed by atoms with Crippen LogP contribution in [0, 0.1) is 11.8 Å². The predicted octanol–water partition coefficient (Wildman–Crippen LogP) is 1.50. The average Bonchev–Trinajstić information content (AvgIpc) is 2.18. The van der Waals surface area contributed by atoms with E-state index in [0.717, 1.165) is 11.3 Å². The van der Waals surface area contributed by atoms with E-state index in [0.29, 0.717) is 6.42 Å². The third-order valence-corrected chi connectivity index (χ3v) is 2.14. The van der Waals surface area contributed by atoms with Crippen molar-refractivity contribution >= 4 is 16.9 Å². The van der Waals surface area contributed by atoms with Crippen molar-refractivity contribution in [2.75, 3.05) is 5.75 Å². The molecule has 0 amide bonds. The van der Waals surface area contributed by atoms with Crippen LogP contribution in [0.4, 0.5) is 0 Å². The lowest BCUT2D eigenvalue weighted by Gasteiger charge is -1.88. The summed E-state index contributed by atoms with van der Waals surface area (Å²) in [5.41, 5.74) is 0.806. The van der Waals surface area contributed by atoms with Crippen molar-refractivity contribution in [2.45, 2.75) is 13.3 Å². The Balaban J connectivity index is 2.31. The summed E-state index contributed by atoms with van der Waals surface area (Å²) in [6.07, 6.45) is 5.51. The summed E-state index contributed by atoms with van der Waals surface area (Å²) >= 11 is 1.29. The van der Waals surface area contributed by atoms with E-state index in [1.165, 1.54) is 18.1 Å². The molecule has 1 aromatic heterocycles. The van der Waals surface area contributed by atoms with Crippen LogP contribution in [0.15, 0.2) is 18.7 Å². The molecule has 1 rings (SSSR count). The molecule has 0 N–H and O–H groups in total. The van der Waals surface area contributed by atoms with Crippen molar-refractivity contribution in [2.24, 2.45) is 0 Å². The second kappa shape index (κ2) is 6.17. The molecule has 0 aliphatic rings. The minimum atomic E-state index is 0.134. The molecule has 1 aromatic rings. The van der Waals surface area contributed by atoms with E-state index in [1.54, 1.807) is 19.3 Å². The normalized spacial score (nSPS) is 8.93. The van der Waals surface area contributed by atoms with Crippen molar-refractivity contribution in [1.82, 2.24) is 9.97 Å². The van der Waals surface area contributed by atoms with Crippen LogP contribution in [0.25, 0.3) is 0 Å². The number of carbonyl (C=O) groups is 1. The van der Waals surface area contributed by atoms with Crippen molar-refractivity contribution < 1.29 is 4.79 Å². The molecule has 0 bridgehead atoms. The minimum absolute atomic E-state index is 0.134. The topological polar surface area (TPSA) is 42.9 Å². The Morgan fingerprint density at radius 3 is 2.86 bits per heavy atom.